The predicted octanol–water partition coefficient (Wildman–Crippen LogP) is 0.321. The highest BCUT2D eigenvalue weighted by Crippen LogP contribution is 1.96. The molecule has 5 nitrogen and oxygen atoms in total. The first-order chi connectivity index (χ1) is 4.85. The van der Waals surface area contributed by atoms with Gasteiger partial charge in [-0.2, -0.15) is 5.11 Å². The summed E-state index contributed by atoms with van der Waals surface area (Å²) in [5.74, 6) is 4.77. The van der Waals surface area contributed by atoms with Crippen LogP contribution < -0.4 is 5.84 Å². The number of methoxy groups -OCH3 is 2. The van der Waals surface area contributed by atoms with E-state index in [2.05, 4.69) is 10.3 Å². The molecule has 0 rings (SSSR count). The van der Waals surface area contributed by atoms with Gasteiger partial charge in [-0.15, -0.1) is 0 Å². The van der Waals surface area contributed by atoms with Crippen molar-refractivity contribution in [2.24, 2.45) is 16.2 Å². The Morgan fingerprint density at radius 2 is 2.00 bits per heavy atom. The van der Waals surface area contributed by atoms with Crippen molar-refractivity contribution in [3.63, 3.8) is 0 Å². The van der Waals surface area contributed by atoms with Crippen LogP contribution in [0, 0.1) is 0 Å². The van der Waals surface area contributed by atoms with Gasteiger partial charge in [0.05, 0.1) is 6.54 Å². The molecular formula is C5H13N3O2. The highest BCUT2D eigenvalue weighted by molar-refractivity contribution is 4.44. The van der Waals surface area contributed by atoms with E-state index >= 15 is 0 Å². The Labute approximate surface area is 60.2 Å². The van der Waals surface area contributed by atoms with Crippen LogP contribution in [-0.4, -0.2) is 27.1 Å². The third-order valence-corrected chi connectivity index (χ3v) is 1.07. The molecule has 0 radical (unpaired) electrons. The molecular weight excluding hydrogens is 134 g/mol. The molecule has 0 heterocycles. The average Bonchev–Trinajstić information content (AvgIpc) is 1.99. The van der Waals surface area contributed by atoms with Crippen molar-refractivity contribution >= 4 is 0 Å². The van der Waals surface area contributed by atoms with Gasteiger partial charge in [-0.05, 0) is 0 Å². The molecule has 2 N–H and O–H groups in total. The Morgan fingerprint density at radius 1 is 1.40 bits per heavy atom. The number of rotatable bonds is 5. The number of hydrogen-bond donors (Lipinski definition) is 1. The van der Waals surface area contributed by atoms with E-state index in [1.807, 2.05) is 0 Å². The van der Waals surface area contributed by atoms with Gasteiger partial charge < -0.3 is 15.3 Å². The summed E-state index contributed by atoms with van der Waals surface area (Å²) in [6.07, 6.45) is 0.471. The maximum atomic E-state index is 4.88. The Morgan fingerprint density at radius 3 is 2.40 bits per heavy atom. The van der Waals surface area contributed by atoms with E-state index in [4.69, 9.17) is 15.3 Å². The third-order valence-electron chi connectivity index (χ3n) is 1.07. The molecule has 0 atom stereocenters. The van der Waals surface area contributed by atoms with Crippen molar-refractivity contribution in [1.29, 1.82) is 0 Å². The Balaban J connectivity index is 3.25. The molecule has 0 amide bonds. The quantitative estimate of drug-likeness (QED) is 0.263. The highest BCUT2D eigenvalue weighted by atomic mass is 16.7. The molecule has 60 valence electrons. The smallest absolute Gasteiger partial charge is 0.158 e. The number of nitrogens with zero attached hydrogens (tertiary/aromatic N) is 2. The van der Waals surface area contributed by atoms with Gasteiger partial charge in [0.15, 0.2) is 6.29 Å². The first kappa shape index (κ1) is 9.32. The molecule has 0 bridgehead atoms. The van der Waals surface area contributed by atoms with Gasteiger partial charge in [0.2, 0.25) is 0 Å². The van der Waals surface area contributed by atoms with Crippen LogP contribution >= 0.6 is 0 Å². The minimum atomic E-state index is -0.203. The third kappa shape index (κ3) is 4.22. The predicted molar refractivity (Wildman–Crippen MR) is 36.3 cm³/mol. The summed E-state index contributed by atoms with van der Waals surface area (Å²) in [4.78, 5) is 0. The zero-order valence-electron chi connectivity index (χ0n) is 6.28. The fourth-order valence-electron chi connectivity index (χ4n) is 0.553. The molecule has 0 saturated heterocycles. The lowest BCUT2D eigenvalue weighted by atomic mass is 10.4. The van der Waals surface area contributed by atoms with Crippen LogP contribution in [0.3, 0.4) is 0 Å². The Hall–Kier alpha value is -0.680. The molecule has 0 saturated carbocycles. The highest BCUT2D eigenvalue weighted by Gasteiger charge is 2.02. The lowest BCUT2D eigenvalue weighted by Gasteiger charge is -2.10. The summed E-state index contributed by atoms with van der Waals surface area (Å²) >= 11 is 0. The SMILES string of the molecule is COC(CCN=NN)OC. The summed E-state index contributed by atoms with van der Waals surface area (Å²) in [5, 5.41) is 6.64. The van der Waals surface area contributed by atoms with E-state index in [1.54, 1.807) is 14.2 Å². The fraction of sp³-hybridized carbons (Fsp3) is 1.00. The van der Waals surface area contributed by atoms with E-state index in [9.17, 15) is 0 Å². The van der Waals surface area contributed by atoms with E-state index in [-0.39, 0.29) is 6.29 Å². The van der Waals surface area contributed by atoms with E-state index in [0.29, 0.717) is 13.0 Å². The summed E-state index contributed by atoms with van der Waals surface area (Å²) in [6.45, 7) is 0.531. The Bertz CT molecular complexity index is 92.9. The zero-order valence-corrected chi connectivity index (χ0v) is 6.28. The number of nitrogens with two attached hydrogens (primary N) is 1. The van der Waals surface area contributed by atoms with Crippen molar-refractivity contribution in [2.75, 3.05) is 20.8 Å². The number of hydrogen-bond acceptors (Lipinski definition) is 4. The van der Waals surface area contributed by atoms with E-state index < -0.39 is 0 Å². The van der Waals surface area contributed by atoms with E-state index in [1.165, 1.54) is 0 Å². The maximum absolute atomic E-state index is 4.88. The summed E-state index contributed by atoms with van der Waals surface area (Å²) in [7, 11) is 3.15. The summed E-state index contributed by atoms with van der Waals surface area (Å²) < 4.78 is 9.76. The van der Waals surface area contributed by atoms with Crippen molar-refractivity contribution in [3.05, 3.63) is 0 Å². The zero-order chi connectivity index (χ0) is 7.82. The van der Waals surface area contributed by atoms with Gasteiger partial charge in [0.1, 0.15) is 0 Å². The topological polar surface area (TPSA) is 69.2 Å². The molecule has 0 aromatic carbocycles. The van der Waals surface area contributed by atoms with Crippen molar-refractivity contribution < 1.29 is 9.47 Å². The van der Waals surface area contributed by atoms with Crippen LogP contribution in [0.25, 0.3) is 0 Å². The van der Waals surface area contributed by atoms with Gasteiger partial charge in [-0.25, -0.2) is 0 Å². The molecule has 0 unspecified atom stereocenters. The molecule has 0 aliphatic rings. The normalized spacial score (nSPS) is 11.5. The van der Waals surface area contributed by atoms with Gasteiger partial charge in [-0.1, -0.05) is 5.22 Å². The summed E-state index contributed by atoms with van der Waals surface area (Å²) in [5.41, 5.74) is 0. The first-order valence-corrected chi connectivity index (χ1v) is 2.97. The minimum absolute atomic E-state index is 0.203. The van der Waals surface area contributed by atoms with Gasteiger partial charge in [0.25, 0.3) is 0 Å². The average molecular weight is 147 g/mol. The molecule has 5 heteroatoms. The number of ether oxygens (including phenoxy) is 2. The molecule has 10 heavy (non-hydrogen) atoms. The van der Waals surface area contributed by atoms with Crippen LogP contribution in [0.4, 0.5) is 0 Å². The Kier molecular flexibility index (Phi) is 6.00. The van der Waals surface area contributed by atoms with Crippen LogP contribution in [-0.2, 0) is 9.47 Å². The van der Waals surface area contributed by atoms with Crippen LogP contribution in [0.1, 0.15) is 6.42 Å². The maximum Gasteiger partial charge on any atom is 0.158 e. The minimum Gasteiger partial charge on any atom is -0.356 e. The lowest BCUT2D eigenvalue weighted by Crippen LogP contribution is -2.13. The molecule has 0 aliphatic carbocycles. The van der Waals surface area contributed by atoms with Crippen molar-refractivity contribution in [1.82, 2.24) is 0 Å². The summed E-state index contributed by atoms with van der Waals surface area (Å²) in [6, 6.07) is 0. The fourth-order valence-corrected chi connectivity index (χ4v) is 0.553. The molecule has 0 aliphatic heterocycles. The second kappa shape index (κ2) is 6.44. The second-order valence-corrected chi connectivity index (χ2v) is 1.67. The largest absolute Gasteiger partial charge is 0.356 e. The molecule has 0 spiro atoms. The van der Waals surface area contributed by atoms with E-state index in [0.717, 1.165) is 0 Å². The standard InChI is InChI=1S/C5H13N3O2/c1-9-5(10-2)3-4-7-8-6/h5H,3-4H2,1-2H3,(H2,6,7). The van der Waals surface area contributed by atoms with Gasteiger partial charge in [-0.3, -0.25) is 0 Å². The first-order valence-electron chi connectivity index (χ1n) is 2.97. The van der Waals surface area contributed by atoms with Crippen LogP contribution in [0.15, 0.2) is 10.3 Å². The van der Waals surface area contributed by atoms with Crippen LogP contribution in [0.2, 0.25) is 0 Å². The van der Waals surface area contributed by atoms with Gasteiger partial charge in [0, 0.05) is 20.6 Å². The van der Waals surface area contributed by atoms with Crippen molar-refractivity contribution in [3.8, 4) is 0 Å². The van der Waals surface area contributed by atoms with Gasteiger partial charge >= 0.3 is 0 Å². The van der Waals surface area contributed by atoms with Crippen molar-refractivity contribution in [2.45, 2.75) is 12.7 Å². The molecule has 0 aromatic heterocycles. The molecule has 0 fully saturated rings. The second-order valence-electron chi connectivity index (χ2n) is 1.67. The van der Waals surface area contributed by atoms with Crippen LogP contribution in [0.5, 0.6) is 0 Å². The lowest BCUT2D eigenvalue weighted by molar-refractivity contribution is -0.104. The molecule has 0 aromatic rings. The monoisotopic (exact) mass is 147 g/mol.